The molecule has 2 N–H and O–H groups in total. The maximum absolute atomic E-state index is 11.2. The molecule has 0 spiro atoms. The van der Waals surface area contributed by atoms with Gasteiger partial charge in [-0.2, -0.15) is 0 Å². The Morgan fingerprint density at radius 1 is 1.47 bits per heavy atom. The van der Waals surface area contributed by atoms with Crippen LogP contribution in [0.4, 0.5) is 0 Å². The van der Waals surface area contributed by atoms with Gasteiger partial charge in [-0.15, -0.1) is 11.3 Å². The van der Waals surface area contributed by atoms with E-state index in [1.807, 2.05) is 0 Å². The molecular formula is C14H20O4S. The molecule has 0 atom stereocenters. The van der Waals surface area contributed by atoms with E-state index in [0.29, 0.717) is 5.75 Å². The zero-order valence-electron chi connectivity index (χ0n) is 11.1. The van der Waals surface area contributed by atoms with Crippen LogP contribution in [0.25, 0.3) is 0 Å². The lowest BCUT2D eigenvalue weighted by Gasteiger charge is -2.21. The summed E-state index contributed by atoms with van der Waals surface area (Å²) in [6, 6.07) is 1.80. The molecule has 0 aliphatic heterocycles. The number of carbonyl (C=O) groups is 1. The smallest absolute Gasteiger partial charge is 0.349 e. The highest BCUT2D eigenvalue weighted by Crippen LogP contribution is 2.34. The fourth-order valence-electron chi connectivity index (χ4n) is 2.44. The zero-order chi connectivity index (χ0) is 13.9. The first kappa shape index (κ1) is 14.3. The maximum Gasteiger partial charge on any atom is 0.349 e. The third-order valence-corrected chi connectivity index (χ3v) is 4.63. The normalized spacial score (nSPS) is 17.6. The molecule has 0 radical (unpaired) electrons. The first-order valence-corrected chi connectivity index (χ1v) is 7.57. The van der Waals surface area contributed by atoms with E-state index < -0.39 is 11.6 Å². The van der Waals surface area contributed by atoms with Gasteiger partial charge in [0, 0.05) is 4.88 Å². The second-order valence-electron chi connectivity index (χ2n) is 5.18. The maximum atomic E-state index is 11.2. The molecule has 1 fully saturated rings. The zero-order valence-corrected chi connectivity index (χ0v) is 12.0. The Labute approximate surface area is 117 Å². The number of thiophene rings is 1. The van der Waals surface area contributed by atoms with Crippen LogP contribution in [-0.2, 0) is 6.42 Å². The van der Waals surface area contributed by atoms with Gasteiger partial charge in [-0.3, -0.25) is 0 Å². The summed E-state index contributed by atoms with van der Waals surface area (Å²) < 4.78 is 5.59. The van der Waals surface area contributed by atoms with Crippen LogP contribution >= 0.6 is 11.3 Å². The van der Waals surface area contributed by atoms with E-state index >= 15 is 0 Å². The lowest BCUT2D eigenvalue weighted by Crippen LogP contribution is -2.32. The van der Waals surface area contributed by atoms with Crippen LogP contribution in [0.3, 0.4) is 0 Å². The van der Waals surface area contributed by atoms with Gasteiger partial charge in [0.25, 0.3) is 0 Å². The number of ether oxygens (including phenoxy) is 1. The molecule has 1 aliphatic rings. The van der Waals surface area contributed by atoms with Crippen molar-refractivity contribution in [3.63, 3.8) is 0 Å². The molecule has 1 aliphatic carbocycles. The van der Waals surface area contributed by atoms with Crippen LogP contribution in [0.1, 0.15) is 53.6 Å². The number of hydrogen-bond acceptors (Lipinski definition) is 4. The fraction of sp³-hybridized carbons (Fsp3) is 0.643. The Hall–Kier alpha value is -1.07. The minimum atomic E-state index is -0.958. The summed E-state index contributed by atoms with van der Waals surface area (Å²) in [7, 11) is 0. The molecule has 0 aromatic carbocycles. The quantitative estimate of drug-likeness (QED) is 0.842. The first-order chi connectivity index (χ1) is 9.04. The first-order valence-electron chi connectivity index (χ1n) is 6.75. The molecule has 1 aromatic heterocycles. The van der Waals surface area contributed by atoms with Crippen molar-refractivity contribution in [2.75, 3.05) is 6.61 Å². The van der Waals surface area contributed by atoms with E-state index in [9.17, 15) is 15.0 Å². The van der Waals surface area contributed by atoms with Crippen LogP contribution in [0.2, 0.25) is 0 Å². The topological polar surface area (TPSA) is 66.8 Å². The van der Waals surface area contributed by atoms with E-state index in [2.05, 4.69) is 6.92 Å². The molecule has 0 saturated heterocycles. The predicted molar refractivity (Wildman–Crippen MR) is 74.2 cm³/mol. The number of aliphatic hydroxyl groups is 1. The largest absolute Gasteiger partial charge is 0.489 e. The SMILES string of the molecule is CCCc1cc(OCC2(O)CCCC2)c(C(=O)O)s1. The van der Waals surface area contributed by atoms with Crippen LogP contribution in [-0.4, -0.2) is 28.4 Å². The summed E-state index contributed by atoms with van der Waals surface area (Å²) >= 11 is 1.27. The standard InChI is InChI=1S/C14H20O4S/c1-2-5-10-8-11(12(19-10)13(15)16)18-9-14(17)6-3-4-7-14/h8,17H,2-7,9H2,1H3,(H,15,16). The van der Waals surface area contributed by atoms with Crippen molar-refractivity contribution in [1.82, 2.24) is 0 Å². The molecule has 0 unspecified atom stereocenters. The Morgan fingerprint density at radius 2 is 2.16 bits per heavy atom. The molecule has 0 amide bonds. The van der Waals surface area contributed by atoms with Crippen molar-refractivity contribution in [2.24, 2.45) is 0 Å². The van der Waals surface area contributed by atoms with Gasteiger partial charge in [-0.25, -0.2) is 4.79 Å². The molecular weight excluding hydrogens is 264 g/mol. The average molecular weight is 284 g/mol. The van der Waals surface area contributed by atoms with Crippen LogP contribution in [0.15, 0.2) is 6.07 Å². The van der Waals surface area contributed by atoms with E-state index in [4.69, 9.17) is 4.74 Å². The van der Waals surface area contributed by atoms with E-state index in [0.717, 1.165) is 43.4 Å². The third kappa shape index (κ3) is 3.48. The molecule has 106 valence electrons. The molecule has 2 rings (SSSR count). The van der Waals surface area contributed by atoms with E-state index in [-0.39, 0.29) is 11.5 Å². The Kier molecular flexibility index (Phi) is 4.47. The van der Waals surface area contributed by atoms with Gasteiger partial charge in [0.2, 0.25) is 0 Å². The van der Waals surface area contributed by atoms with Crippen LogP contribution < -0.4 is 4.74 Å². The molecule has 4 nitrogen and oxygen atoms in total. The minimum Gasteiger partial charge on any atom is -0.489 e. The van der Waals surface area contributed by atoms with Gasteiger partial charge >= 0.3 is 5.97 Å². The van der Waals surface area contributed by atoms with Crippen molar-refractivity contribution in [3.05, 3.63) is 15.8 Å². The number of rotatable bonds is 6. The third-order valence-electron chi connectivity index (χ3n) is 3.47. The van der Waals surface area contributed by atoms with Crippen molar-refractivity contribution < 1.29 is 19.7 Å². The van der Waals surface area contributed by atoms with Crippen molar-refractivity contribution in [3.8, 4) is 5.75 Å². The van der Waals surface area contributed by atoms with Gasteiger partial charge in [0.1, 0.15) is 12.4 Å². The highest BCUT2D eigenvalue weighted by molar-refractivity contribution is 7.14. The van der Waals surface area contributed by atoms with E-state index in [1.165, 1.54) is 11.3 Å². The minimum absolute atomic E-state index is 0.190. The van der Waals surface area contributed by atoms with Gasteiger partial charge in [0.05, 0.1) is 5.60 Å². The van der Waals surface area contributed by atoms with Crippen LogP contribution in [0.5, 0.6) is 5.75 Å². The van der Waals surface area contributed by atoms with Crippen molar-refractivity contribution in [2.45, 2.75) is 51.0 Å². The second-order valence-corrected chi connectivity index (χ2v) is 6.32. The summed E-state index contributed by atoms with van der Waals surface area (Å²) in [5, 5.41) is 19.4. The highest BCUT2D eigenvalue weighted by Gasteiger charge is 2.32. The Balaban J connectivity index is 2.07. The second kappa shape index (κ2) is 5.92. The fourth-order valence-corrected chi connectivity index (χ4v) is 3.48. The van der Waals surface area contributed by atoms with Crippen molar-refractivity contribution in [1.29, 1.82) is 0 Å². The van der Waals surface area contributed by atoms with Gasteiger partial charge in [-0.1, -0.05) is 26.2 Å². The molecule has 0 bridgehead atoms. The van der Waals surface area contributed by atoms with Crippen molar-refractivity contribution >= 4 is 17.3 Å². The highest BCUT2D eigenvalue weighted by atomic mass is 32.1. The Morgan fingerprint density at radius 3 is 2.74 bits per heavy atom. The number of hydrogen-bond donors (Lipinski definition) is 2. The number of aryl methyl sites for hydroxylation is 1. The molecule has 1 aromatic rings. The van der Waals surface area contributed by atoms with Gasteiger partial charge in [-0.05, 0) is 25.3 Å². The summed E-state index contributed by atoms with van der Waals surface area (Å²) in [5.41, 5.74) is -0.775. The Bertz CT molecular complexity index is 446. The lowest BCUT2D eigenvalue weighted by atomic mass is 10.0. The number of aromatic carboxylic acids is 1. The summed E-state index contributed by atoms with van der Waals surface area (Å²) in [6.07, 6.45) is 5.33. The monoisotopic (exact) mass is 284 g/mol. The number of carboxylic acid groups (broad SMARTS) is 1. The average Bonchev–Trinajstić information content (AvgIpc) is 2.95. The van der Waals surface area contributed by atoms with Crippen LogP contribution in [0, 0.1) is 0 Å². The number of carboxylic acids is 1. The molecule has 1 heterocycles. The van der Waals surface area contributed by atoms with Gasteiger partial charge in [0.15, 0.2) is 4.88 Å². The molecule has 19 heavy (non-hydrogen) atoms. The summed E-state index contributed by atoms with van der Waals surface area (Å²) in [5.74, 6) is -0.554. The predicted octanol–water partition coefficient (Wildman–Crippen LogP) is 3.08. The summed E-state index contributed by atoms with van der Waals surface area (Å²) in [4.78, 5) is 12.4. The molecule has 1 saturated carbocycles. The van der Waals surface area contributed by atoms with Gasteiger partial charge < -0.3 is 14.9 Å². The van der Waals surface area contributed by atoms with E-state index in [1.54, 1.807) is 6.07 Å². The summed E-state index contributed by atoms with van der Waals surface area (Å²) in [6.45, 7) is 2.25. The lowest BCUT2D eigenvalue weighted by molar-refractivity contribution is 0.00107. The molecule has 5 heteroatoms.